The first-order valence-electron chi connectivity index (χ1n) is 3.41. The van der Waals surface area contributed by atoms with Crippen LogP contribution in [0.25, 0.3) is 0 Å². The number of halogens is 1. The molecule has 0 heterocycles. The van der Waals surface area contributed by atoms with Crippen LogP contribution in [0.5, 0.6) is 0 Å². The third-order valence-corrected chi connectivity index (χ3v) is 1.21. The molecule has 64 valence electrons. The van der Waals surface area contributed by atoms with Gasteiger partial charge in [-0.1, -0.05) is 46.0 Å². The normalized spacial score (nSPS) is 6.60. The molecule has 0 atom stereocenters. The summed E-state index contributed by atoms with van der Waals surface area (Å²) < 4.78 is 0. The van der Waals surface area contributed by atoms with Gasteiger partial charge in [-0.3, -0.25) is 0 Å². The van der Waals surface area contributed by atoms with Crippen molar-refractivity contribution in [2.24, 2.45) is 0 Å². The van der Waals surface area contributed by atoms with E-state index in [-0.39, 0.29) is 41.6 Å². The summed E-state index contributed by atoms with van der Waals surface area (Å²) in [7, 11) is 0. The first-order valence-corrected chi connectivity index (χ1v) is 3.41. The Bertz CT molecular complexity index is 32.8. The molecule has 0 aromatic heterocycles. The molecule has 0 radical (unpaired) electrons. The molecular formula is C7H22ClMgN. The Morgan fingerprint density at radius 1 is 0.800 bits per heavy atom. The average molecular weight is 180 g/mol. The Morgan fingerprint density at radius 2 is 1.10 bits per heavy atom. The summed E-state index contributed by atoms with van der Waals surface area (Å²) >= 11 is 0. The van der Waals surface area contributed by atoms with Crippen LogP contribution in [0, 0.1) is 0 Å². The summed E-state index contributed by atoms with van der Waals surface area (Å²) in [5.74, 6) is 0. The minimum Gasteiger partial charge on any atom is -0.344 e. The Hall–Kier alpha value is 1.02. The molecule has 10 heavy (non-hydrogen) atoms. The van der Waals surface area contributed by atoms with Crippen LogP contribution in [0.15, 0.2) is 0 Å². The summed E-state index contributed by atoms with van der Waals surface area (Å²) in [4.78, 5) is 0. The van der Waals surface area contributed by atoms with Crippen molar-refractivity contribution in [3.8, 4) is 0 Å². The molecule has 0 saturated heterocycles. The fraction of sp³-hybridized carbons (Fsp3) is 1.00. The molecule has 1 nitrogen and oxygen atoms in total. The Kier molecular flexibility index (Phi) is 50.5. The quantitative estimate of drug-likeness (QED) is 0.523. The highest BCUT2D eigenvalue weighted by Gasteiger charge is 1.80. The van der Waals surface area contributed by atoms with E-state index in [2.05, 4.69) is 13.8 Å². The molecule has 3 N–H and O–H groups in total. The Morgan fingerprint density at radius 3 is 1.30 bits per heavy atom. The molecular weight excluding hydrogens is 158 g/mol. The number of hydrogen-bond acceptors (Lipinski definition) is 1. The second kappa shape index (κ2) is 22.5. The van der Waals surface area contributed by atoms with E-state index in [1.165, 1.54) is 32.1 Å². The number of hydrogen-bond donors (Lipinski definition) is 1. The van der Waals surface area contributed by atoms with Gasteiger partial charge in [-0.05, 0) is 0 Å². The maximum absolute atomic E-state index is 2.25. The monoisotopic (exact) mass is 179 g/mol. The van der Waals surface area contributed by atoms with E-state index >= 15 is 0 Å². The predicted octanol–water partition coefficient (Wildman–Crippen LogP) is 2.64. The summed E-state index contributed by atoms with van der Waals surface area (Å²) in [6.07, 6.45) is 7.01. The van der Waals surface area contributed by atoms with Gasteiger partial charge < -0.3 is 6.15 Å². The Balaban J connectivity index is -0.0000000600. The summed E-state index contributed by atoms with van der Waals surface area (Å²) in [5.41, 5.74) is 0. The lowest BCUT2D eigenvalue weighted by Gasteiger charge is -1.90. The van der Waals surface area contributed by atoms with Gasteiger partial charge in [-0.25, -0.2) is 0 Å². The van der Waals surface area contributed by atoms with Gasteiger partial charge in [0.1, 0.15) is 0 Å². The highest BCUT2D eigenvalue weighted by Crippen LogP contribution is 2.00. The van der Waals surface area contributed by atoms with E-state index in [0.29, 0.717) is 0 Å². The molecule has 0 fully saturated rings. The highest BCUT2D eigenvalue weighted by molar-refractivity contribution is 5.85. The lowest BCUT2D eigenvalue weighted by atomic mass is 10.2. The number of rotatable bonds is 4. The standard InChI is InChI=1S/C7H16.ClH.Mg.H3N.2H/c1-3-5-7-6-4-2;;;;;/h3-7H2,1-2H3;1H;;1H3;;. The zero-order valence-electron chi connectivity index (χ0n) is 6.65. The van der Waals surface area contributed by atoms with Crippen LogP contribution >= 0.6 is 12.4 Å². The summed E-state index contributed by atoms with van der Waals surface area (Å²) in [6, 6.07) is 0. The lowest BCUT2D eigenvalue weighted by molar-refractivity contribution is 0.656. The average Bonchev–Trinajstić information content (AvgIpc) is 1.69. The molecule has 0 aliphatic rings. The van der Waals surface area contributed by atoms with E-state index in [0.717, 1.165) is 0 Å². The second-order valence-electron chi connectivity index (χ2n) is 2.06. The van der Waals surface area contributed by atoms with E-state index in [4.69, 9.17) is 0 Å². The fourth-order valence-electron chi connectivity index (χ4n) is 0.677. The van der Waals surface area contributed by atoms with Gasteiger partial charge in [0.2, 0.25) is 0 Å². The van der Waals surface area contributed by atoms with Crippen LogP contribution in [0.4, 0.5) is 0 Å². The zero-order valence-corrected chi connectivity index (χ0v) is 7.47. The van der Waals surface area contributed by atoms with Crippen LogP contribution < -0.4 is 6.15 Å². The molecule has 0 aliphatic heterocycles. The van der Waals surface area contributed by atoms with Crippen molar-refractivity contribution < 1.29 is 0 Å². The van der Waals surface area contributed by atoms with Gasteiger partial charge in [-0.2, -0.15) is 0 Å². The van der Waals surface area contributed by atoms with E-state index < -0.39 is 0 Å². The zero-order chi connectivity index (χ0) is 5.54. The van der Waals surface area contributed by atoms with E-state index in [1.807, 2.05) is 0 Å². The van der Waals surface area contributed by atoms with Crippen LogP contribution in [0.1, 0.15) is 46.0 Å². The van der Waals surface area contributed by atoms with Crippen molar-refractivity contribution in [2.45, 2.75) is 46.0 Å². The molecule has 0 aromatic rings. The van der Waals surface area contributed by atoms with Gasteiger partial charge in [0.25, 0.3) is 0 Å². The maximum Gasteiger partial charge on any atom is 0.316 e. The topological polar surface area (TPSA) is 35.0 Å². The molecule has 0 unspecified atom stereocenters. The van der Waals surface area contributed by atoms with Crippen LogP contribution in [-0.4, -0.2) is 23.1 Å². The van der Waals surface area contributed by atoms with Gasteiger partial charge in [0.05, 0.1) is 0 Å². The maximum atomic E-state index is 2.25. The highest BCUT2D eigenvalue weighted by atomic mass is 35.5. The molecule has 0 bridgehead atoms. The van der Waals surface area contributed by atoms with E-state index in [1.54, 1.807) is 0 Å². The number of unbranched alkanes of at least 4 members (excludes halogenated alkanes) is 4. The molecule has 3 heteroatoms. The third-order valence-electron chi connectivity index (χ3n) is 1.21. The van der Waals surface area contributed by atoms with Crippen LogP contribution in [0.3, 0.4) is 0 Å². The first kappa shape index (κ1) is 22.5. The second-order valence-corrected chi connectivity index (χ2v) is 2.06. The third kappa shape index (κ3) is 23.0. The van der Waals surface area contributed by atoms with Crippen molar-refractivity contribution in [1.82, 2.24) is 6.15 Å². The molecule has 0 spiro atoms. The molecule has 0 aliphatic carbocycles. The van der Waals surface area contributed by atoms with Gasteiger partial charge in [0, 0.05) is 0 Å². The molecule has 0 amide bonds. The predicted molar refractivity (Wildman–Crippen MR) is 55.2 cm³/mol. The van der Waals surface area contributed by atoms with E-state index in [9.17, 15) is 0 Å². The van der Waals surface area contributed by atoms with Crippen molar-refractivity contribution in [1.29, 1.82) is 0 Å². The SMILES string of the molecule is CCCCCCC.Cl.N.[MgH2]. The summed E-state index contributed by atoms with van der Waals surface area (Å²) in [6.45, 7) is 4.49. The van der Waals surface area contributed by atoms with Gasteiger partial charge in [-0.15, -0.1) is 12.4 Å². The van der Waals surface area contributed by atoms with Gasteiger partial charge >= 0.3 is 23.1 Å². The van der Waals surface area contributed by atoms with Crippen molar-refractivity contribution >= 4 is 35.5 Å². The minimum absolute atomic E-state index is 0. The lowest BCUT2D eigenvalue weighted by Crippen LogP contribution is -1.70. The van der Waals surface area contributed by atoms with Crippen LogP contribution in [0.2, 0.25) is 0 Å². The van der Waals surface area contributed by atoms with Gasteiger partial charge in [0.15, 0.2) is 0 Å². The largest absolute Gasteiger partial charge is 0.344 e. The van der Waals surface area contributed by atoms with Crippen molar-refractivity contribution in [2.75, 3.05) is 0 Å². The van der Waals surface area contributed by atoms with Crippen LogP contribution in [-0.2, 0) is 0 Å². The fourth-order valence-corrected chi connectivity index (χ4v) is 0.677. The molecule has 0 rings (SSSR count). The van der Waals surface area contributed by atoms with Crippen molar-refractivity contribution in [3.63, 3.8) is 0 Å². The minimum atomic E-state index is 0. The van der Waals surface area contributed by atoms with Crippen molar-refractivity contribution in [3.05, 3.63) is 0 Å². The Labute approximate surface area is 87.5 Å². The smallest absolute Gasteiger partial charge is 0.316 e. The molecule has 0 saturated carbocycles. The first-order chi connectivity index (χ1) is 3.41. The summed E-state index contributed by atoms with van der Waals surface area (Å²) in [5, 5.41) is 0. The molecule has 0 aromatic carbocycles.